The number of nitro benzene ring substituents is 1. The lowest BCUT2D eigenvalue weighted by atomic mass is 10.1. The van der Waals surface area contributed by atoms with Crippen LogP contribution in [-0.4, -0.2) is 33.4 Å². The van der Waals surface area contributed by atoms with E-state index in [1.165, 1.54) is 30.3 Å². The number of rotatable bonds is 7. The van der Waals surface area contributed by atoms with Crippen LogP contribution in [0.1, 0.15) is 11.1 Å². The molecular weight excluding hydrogens is 723 g/mol. The Labute approximate surface area is 255 Å². The minimum Gasteiger partial charge on any atom is -0.449 e. The van der Waals surface area contributed by atoms with Gasteiger partial charge in [-0.1, -0.05) is 17.7 Å². The van der Waals surface area contributed by atoms with Gasteiger partial charge in [-0.15, -0.1) is 0 Å². The Kier molecular flexibility index (Phi) is 9.11. The first-order valence-electron chi connectivity index (χ1n) is 11.1. The minimum atomic E-state index is -4.77. The molecule has 0 bridgehead atoms. The number of nitrogens with one attached hydrogen (secondary N) is 1. The molecule has 0 radical (unpaired) electrons. The van der Waals surface area contributed by atoms with Crippen LogP contribution in [-0.2, 0) is 15.8 Å². The van der Waals surface area contributed by atoms with Gasteiger partial charge < -0.3 is 10.1 Å². The zero-order valence-corrected chi connectivity index (χ0v) is 24.7. The SMILES string of the molecule is O=C(CN1C(=O)S/C(=C/c2ccc(Oc3ccc(C(F)(F)F)cc3[N+](=O)[O-])c(Br)c2)C1=O)Nc1ccc(Br)c(Cl)c1. The van der Waals surface area contributed by atoms with Crippen molar-refractivity contribution in [3.05, 3.63) is 94.7 Å². The molecule has 0 aromatic heterocycles. The van der Waals surface area contributed by atoms with Crippen molar-refractivity contribution < 1.29 is 37.2 Å². The van der Waals surface area contributed by atoms with Crippen molar-refractivity contribution >= 4 is 89.7 Å². The number of carbonyl (C=O) groups excluding carboxylic acids is 3. The van der Waals surface area contributed by atoms with Crippen molar-refractivity contribution in [3.63, 3.8) is 0 Å². The van der Waals surface area contributed by atoms with Crippen LogP contribution in [0, 0.1) is 10.1 Å². The first kappa shape index (κ1) is 30.6. The number of benzene rings is 3. The highest BCUT2D eigenvalue weighted by Crippen LogP contribution is 2.40. The van der Waals surface area contributed by atoms with E-state index in [0.29, 0.717) is 44.6 Å². The van der Waals surface area contributed by atoms with Gasteiger partial charge in [0, 0.05) is 16.2 Å². The van der Waals surface area contributed by atoms with Crippen LogP contribution in [0.4, 0.5) is 29.3 Å². The number of anilines is 1. The van der Waals surface area contributed by atoms with Crippen molar-refractivity contribution in [1.29, 1.82) is 0 Å². The third-order valence-electron chi connectivity index (χ3n) is 5.34. The zero-order valence-electron chi connectivity index (χ0n) is 20.0. The van der Waals surface area contributed by atoms with Gasteiger partial charge in [-0.2, -0.15) is 13.2 Å². The van der Waals surface area contributed by atoms with E-state index in [1.807, 2.05) is 0 Å². The zero-order chi connectivity index (χ0) is 30.1. The van der Waals surface area contributed by atoms with E-state index < -0.39 is 51.7 Å². The van der Waals surface area contributed by atoms with Gasteiger partial charge in [0.15, 0.2) is 0 Å². The van der Waals surface area contributed by atoms with Gasteiger partial charge in [-0.05, 0) is 97.7 Å². The Morgan fingerprint density at radius 2 is 1.78 bits per heavy atom. The number of halogens is 6. The number of imide groups is 1. The number of alkyl halides is 3. The molecule has 1 heterocycles. The molecular formula is C25H13Br2ClF3N3O6S. The fraction of sp³-hybridized carbons (Fsp3) is 0.0800. The first-order chi connectivity index (χ1) is 19.2. The first-order valence-corrected chi connectivity index (χ1v) is 13.8. The van der Waals surface area contributed by atoms with E-state index in [-0.39, 0.29) is 15.1 Å². The highest BCUT2D eigenvalue weighted by molar-refractivity contribution is 9.10. The average molecular weight is 736 g/mol. The molecule has 9 nitrogen and oxygen atoms in total. The summed E-state index contributed by atoms with van der Waals surface area (Å²) in [6.07, 6.45) is -3.38. The molecule has 212 valence electrons. The molecule has 0 unspecified atom stereocenters. The smallest absolute Gasteiger partial charge is 0.416 e. The van der Waals surface area contributed by atoms with Gasteiger partial charge >= 0.3 is 11.9 Å². The highest BCUT2D eigenvalue weighted by Gasteiger charge is 2.36. The predicted octanol–water partition coefficient (Wildman–Crippen LogP) is 8.26. The molecule has 0 atom stereocenters. The predicted molar refractivity (Wildman–Crippen MR) is 153 cm³/mol. The van der Waals surface area contributed by atoms with Gasteiger partial charge in [0.05, 0.1) is 24.9 Å². The summed E-state index contributed by atoms with van der Waals surface area (Å²) < 4.78 is 45.3. The topological polar surface area (TPSA) is 119 Å². The molecule has 0 spiro atoms. The van der Waals surface area contributed by atoms with E-state index >= 15 is 0 Å². The van der Waals surface area contributed by atoms with Crippen LogP contribution in [0.25, 0.3) is 6.08 Å². The quantitative estimate of drug-likeness (QED) is 0.148. The summed E-state index contributed by atoms with van der Waals surface area (Å²) in [5, 5.41) is 13.6. The number of nitrogens with zero attached hydrogens (tertiary/aromatic N) is 2. The Bertz CT molecular complexity index is 1640. The van der Waals surface area contributed by atoms with Crippen LogP contribution in [0.5, 0.6) is 11.5 Å². The number of carbonyl (C=O) groups is 3. The van der Waals surface area contributed by atoms with E-state index in [9.17, 15) is 37.7 Å². The Hall–Kier alpha value is -3.40. The molecule has 0 aliphatic carbocycles. The third kappa shape index (κ3) is 7.28. The molecule has 1 fully saturated rings. The second-order valence-corrected chi connectivity index (χ2v) is 11.3. The maximum absolute atomic E-state index is 13.0. The number of hydrogen-bond donors (Lipinski definition) is 1. The van der Waals surface area contributed by atoms with Crippen molar-refractivity contribution in [2.24, 2.45) is 0 Å². The summed E-state index contributed by atoms with van der Waals surface area (Å²) in [5.74, 6) is -1.68. The maximum Gasteiger partial charge on any atom is 0.416 e. The van der Waals surface area contributed by atoms with Crippen LogP contribution >= 0.6 is 55.2 Å². The average Bonchev–Trinajstić information content (AvgIpc) is 3.14. The van der Waals surface area contributed by atoms with Crippen molar-refractivity contribution in [2.75, 3.05) is 11.9 Å². The molecule has 1 N–H and O–H groups in total. The fourth-order valence-corrected chi connectivity index (χ4v) is 5.18. The molecule has 3 aromatic rings. The van der Waals surface area contributed by atoms with Gasteiger partial charge in [0.1, 0.15) is 12.3 Å². The van der Waals surface area contributed by atoms with E-state index in [0.717, 1.165) is 11.0 Å². The number of amides is 3. The number of hydrogen-bond acceptors (Lipinski definition) is 7. The number of ether oxygens (including phenoxy) is 1. The standard InChI is InChI=1S/C25H13Br2ClF3N3O6S/c26-15-4-3-14(10-17(15)28)32-22(35)11-33-23(36)21(41-24(33)37)8-12-1-5-19(16(27)7-12)40-20-6-2-13(25(29,30)31)9-18(20)34(38)39/h1-10H,11H2,(H,32,35)/b21-8+. The molecule has 1 saturated heterocycles. The summed E-state index contributed by atoms with van der Waals surface area (Å²) in [6.45, 7) is -0.530. The molecule has 3 amide bonds. The molecule has 16 heteroatoms. The largest absolute Gasteiger partial charge is 0.449 e. The van der Waals surface area contributed by atoms with Crippen LogP contribution < -0.4 is 10.1 Å². The maximum atomic E-state index is 13.0. The molecule has 4 rings (SSSR count). The van der Waals surface area contributed by atoms with Crippen molar-refractivity contribution in [1.82, 2.24) is 4.90 Å². The summed E-state index contributed by atoms with van der Waals surface area (Å²) in [4.78, 5) is 48.8. The monoisotopic (exact) mass is 733 g/mol. The van der Waals surface area contributed by atoms with Crippen molar-refractivity contribution in [2.45, 2.75) is 6.18 Å². The molecule has 41 heavy (non-hydrogen) atoms. The van der Waals surface area contributed by atoms with Crippen LogP contribution in [0.3, 0.4) is 0 Å². The lowest BCUT2D eigenvalue weighted by Crippen LogP contribution is -2.36. The summed E-state index contributed by atoms with van der Waals surface area (Å²) >= 11 is 13.1. The number of thioether (sulfide) groups is 1. The van der Waals surface area contributed by atoms with E-state index in [4.69, 9.17) is 16.3 Å². The Morgan fingerprint density at radius 1 is 1.07 bits per heavy atom. The molecule has 1 aliphatic heterocycles. The van der Waals surface area contributed by atoms with Crippen LogP contribution in [0.15, 0.2) is 68.4 Å². The third-order valence-corrected chi connectivity index (χ3v) is 8.09. The summed E-state index contributed by atoms with van der Waals surface area (Å²) in [5.41, 5.74) is -1.28. The highest BCUT2D eigenvalue weighted by atomic mass is 79.9. The van der Waals surface area contributed by atoms with E-state index in [2.05, 4.69) is 37.2 Å². The molecule has 1 aliphatic rings. The Morgan fingerprint density at radius 3 is 2.41 bits per heavy atom. The normalized spacial score (nSPS) is 14.5. The Balaban J connectivity index is 1.47. The van der Waals surface area contributed by atoms with Gasteiger partial charge in [0.2, 0.25) is 11.7 Å². The number of nitro groups is 1. The molecule has 3 aromatic carbocycles. The minimum absolute atomic E-state index is 0.0356. The van der Waals surface area contributed by atoms with Crippen LogP contribution in [0.2, 0.25) is 5.02 Å². The van der Waals surface area contributed by atoms with Crippen molar-refractivity contribution in [3.8, 4) is 11.5 Å². The fourth-order valence-electron chi connectivity index (χ4n) is 3.44. The summed E-state index contributed by atoms with van der Waals surface area (Å²) in [6, 6.07) is 10.9. The lowest BCUT2D eigenvalue weighted by Gasteiger charge is -2.13. The van der Waals surface area contributed by atoms with Gasteiger partial charge in [-0.25, -0.2) is 0 Å². The van der Waals surface area contributed by atoms with E-state index in [1.54, 1.807) is 12.1 Å². The molecule has 0 saturated carbocycles. The van der Waals surface area contributed by atoms with Gasteiger partial charge in [0.25, 0.3) is 11.1 Å². The second kappa shape index (κ2) is 12.2. The van der Waals surface area contributed by atoms with Gasteiger partial charge in [-0.3, -0.25) is 29.4 Å². The second-order valence-electron chi connectivity index (χ2n) is 8.17. The lowest BCUT2D eigenvalue weighted by molar-refractivity contribution is -0.385. The summed E-state index contributed by atoms with van der Waals surface area (Å²) in [7, 11) is 0.